The molecule has 0 unspecified atom stereocenters. The number of aromatic nitrogens is 1. The zero-order valence-electron chi connectivity index (χ0n) is 20.7. The minimum Gasteiger partial charge on any atom is -0.455 e. The molecule has 3 aromatic carbocycles. The van der Waals surface area contributed by atoms with E-state index in [-0.39, 0.29) is 10.8 Å². The molecule has 2 nitrogen and oxygen atoms in total. The van der Waals surface area contributed by atoms with Crippen LogP contribution in [0.25, 0.3) is 44.1 Å². The van der Waals surface area contributed by atoms with Gasteiger partial charge in [-0.3, -0.25) is 0 Å². The smallest absolute Gasteiger partial charge is 0.139 e. The number of nitrogens with zero attached hydrogens (tertiary/aromatic N) is 1. The predicted octanol–water partition coefficient (Wildman–Crippen LogP) is 8.65. The van der Waals surface area contributed by atoms with Gasteiger partial charge < -0.3 is 4.42 Å². The zero-order chi connectivity index (χ0) is 23.3. The number of furan rings is 1. The lowest BCUT2D eigenvalue weighted by molar-refractivity contribution is 0.410. The van der Waals surface area contributed by atoms with Gasteiger partial charge in [-0.2, -0.15) is 0 Å². The van der Waals surface area contributed by atoms with Gasteiger partial charge in [0, 0.05) is 27.1 Å². The molecule has 0 amide bonds. The first kappa shape index (κ1) is 20.5. The van der Waals surface area contributed by atoms with Crippen molar-refractivity contribution < 1.29 is 4.42 Å². The van der Waals surface area contributed by atoms with Crippen molar-refractivity contribution in [2.75, 3.05) is 0 Å². The summed E-state index contributed by atoms with van der Waals surface area (Å²) in [5.74, 6) is 0. The van der Waals surface area contributed by atoms with Crippen molar-refractivity contribution in [1.29, 1.82) is 0 Å². The highest BCUT2D eigenvalue weighted by molar-refractivity contribution is 6.17. The highest BCUT2D eigenvalue weighted by Gasteiger charge is 2.36. The summed E-state index contributed by atoms with van der Waals surface area (Å²) in [4.78, 5) is 5.26. The number of benzene rings is 3. The van der Waals surface area contributed by atoms with E-state index in [1.54, 1.807) is 0 Å². The Kier molecular flexibility index (Phi) is 4.01. The van der Waals surface area contributed by atoms with E-state index in [0.717, 1.165) is 28.8 Å². The van der Waals surface area contributed by atoms with Crippen LogP contribution in [0.1, 0.15) is 62.4 Å². The molecule has 6 rings (SSSR count). The molecular formula is C31H31NO. The lowest BCUT2D eigenvalue weighted by Crippen LogP contribution is -2.20. The molecule has 1 aliphatic carbocycles. The Hall–Kier alpha value is -3.13. The number of rotatable bonds is 1. The summed E-state index contributed by atoms with van der Waals surface area (Å²) in [6.07, 6.45) is 0.979. The average Bonchev–Trinajstić information content (AvgIpc) is 3.11. The van der Waals surface area contributed by atoms with Crippen LogP contribution in [0.4, 0.5) is 0 Å². The summed E-state index contributed by atoms with van der Waals surface area (Å²) in [5, 5.41) is 3.70. The van der Waals surface area contributed by atoms with Gasteiger partial charge in [0.15, 0.2) is 0 Å². The first-order valence-electron chi connectivity index (χ1n) is 11.9. The predicted molar refractivity (Wildman–Crippen MR) is 139 cm³/mol. The van der Waals surface area contributed by atoms with Crippen molar-refractivity contribution in [2.45, 2.75) is 60.3 Å². The lowest BCUT2D eigenvalue weighted by Gasteiger charge is -2.28. The highest BCUT2D eigenvalue weighted by atomic mass is 16.3. The molecule has 2 heteroatoms. The van der Waals surface area contributed by atoms with Gasteiger partial charge in [-0.1, -0.05) is 70.5 Å². The molecule has 0 spiro atoms. The van der Waals surface area contributed by atoms with Crippen LogP contribution < -0.4 is 0 Å². The molecule has 1 aliphatic rings. The molecule has 0 radical (unpaired) electrons. The molecule has 5 aromatic rings. The first-order valence-corrected chi connectivity index (χ1v) is 11.9. The van der Waals surface area contributed by atoms with Crippen LogP contribution in [-0.4, -0.2) is 4.98 Å². The second kappa shape index (κ2) is 6.47. The minimum atomic E-state index is -0.206. The van der Waals surface area contributed by atoms with Crippen LogP contribution in [0.2, 0.25) is 0 Å². The van der Waals surface area contributed by atoms with Crippen molar-refractivity contribution >= 4 is 32.8 Å². The highest BCUT2D eigenvalue weighted by Crippen LogP contribution is 2.51. The second-order valence-corrected chi connectivity index (χ2v) is 11.7. The Labute approximate surface area is 195 Å². The Morgan fingerprint density at radius 3 is 2.39 bits per heavy atom. The standard InChI is InChI=1S/C31H31NO/c1-17-8-13-24-20(14-17)15-23-27(32-24)21-11-9-18(2)28-25(21)26-22(31(23,6)7)12-10-19(29(26)33-28)16-30(3,4)5/h8-15H,16H2,1-7H3. The molecule has 0 atom stereocenters. The van der Waals surface area contributed by atoms with Gasteiger partial charge in [-0.25, -0.2) is 4.98 Å². The SMILES string of the molecule is Cc1ccc2nc3c(cc2c1)C(C)(C)c1ccc(CC(C)(C)C)c2oc4c(C)ccc-3c4c12. The summed E-state index contributed by atoms with van der Waals surface area (Å²) < 4.78 is 6.70. The average molecular weight is 434 g/mol. The number of hydrogen-bond donors (Lipinski definition) is 0. The van der Waals surface area contributed by atoms with E-state index >= 15 is 0 Å². The Morgan fingerprint density at radius 1 is 0.848 bits per heavy atom. The molecular weight excluding hydrogens is 402 g/mol. The minimum absolute atomic E-state index is 0.182. The molecule has 2 heterocycles. The third kappa shape index (κ3) is 2.89. The van der Waals surface area contributed by atoms with E-state index in [0.29, 0.717) is 0 Å². The topological polar surface area (TPSA) is 26.0 Å². The van der Waals surface area contributed by atoms with Crippen molar-refractivity contribution in [3.8, 4) is 11.3 Å². The van der Waals surface area contributed by atoms with Crippen LogP contribution in [0.5, 0.6) is 0 Å². The van der Waals surface area contributed by atoms with Crippen molar-refractivity contribution in [2.24, 2.45) is 5.41 Å². The molecule has 0 saturated carbocycles. The van der Waals surface area contributed by atoms with Crippen LogP contribution >= 0.6 is 0 Å². The van der Waals surface area contributed by atoms with E-state index in [9.17, 15) is 0 Å². The molecule has 0 fully saturated rings. The third-order valence-electron chi connectivity index (χ3n) is 7.34. The van der Waals surface area contributed by atoms with Crippen molar-refractivity contribution in [3.05, 3.63) is 76.3 Å². The summed E-state index contributed by atoms with van der Waals surface area (Å²) in [6, 6.07) is 18.0. The van der Waals surface area contributed by atoms with Crippen LogP contribution in [0, 0.1) is 19.3 Å². The van der Waals surface area contributed by atoms with Gasteiger partial charge in [-0.05, 0) is 66.1 Å². The fourth-order valence-electron chi connectivity index (χ4n) is 5.71. The van der Waals surface area contributed by atoms with E-state index in [1.165, 1.54) is 49.5 Å². The monoisotopic (exact) mass is 433 g/mol. The first-order chi connectivity index (χ1) is 15.5. The normalized spacial score (nSPS) is 14.9. The van der Waals surface area contributed by atoms with Gasteiger partial charge in [0.25, 0.3) is 0 Å². The Morgan fingerprint density at radius 2 is 1.64 bits per heavy atom. The number of fused-ring (bicyclic) bond motifs is 3. The van der Waals surface area contributed by atoms with Gasteiger partial charge in [0.2, 0.25) is 0 Å². The molecule has 0 N–H and O–H groups in total. The third-order valence-corrected chi connectivity index (χ3v) is 7.34. The quantitative estimate of drug-likeness (QED) is 0.264. The Bertz CT molecular complexity index is 1610. The maximum atomic E-state index is 6.70. The lowest BCUT2D eigenvalue weighted by atomic mass is 9.75. The van der Waals surface area contributed by atoms with Gasteiger partial charge in [0.05, 0.1) is 11.2 Å². The van der Waals surface area contributed by atoms with E-state index in [4.69, 9.17) is 9.40 Å². The number of aryl methyl sites for hydroxylation is 2. The summed E-state index contributed by atoms with van der Waals surface area (Å²) in [5.41, 5.74) is 11.7. The summed E-state index contributed by atoms with van der Waals surface area (Å²) in [6.45, 7) is 15.9. The van der Waals surface area contributed by atoms with Crippen LogP contribution in [-0.2, 0) is 11.8 Å². The summed E-state index contributed by atoms with van der Waals surface area (Å²) >= 11 is 0. The van der Waals surface area contributed by atoms with Gasteiger partial charge >= 0.3 is 0 Å². The zero-order valence-corrected chi connectivity index (χ0v) is 20.7. The van der Waals surface area contributed by atoms with E-state index < -0.39 is 0 Å². The van der Waals surface area contributed by atoms with Crippen molar-refractivity contribution in [3.63, 3.8) is 0 Å². The molecule has 33 heavy (non-hydrogen) atoms. The van der Waals surface area contributed by atoms with E-state index in [1.807, 2.05) is 0 Å². The largest absolute Gasteiger partial charge is 0.455 e. The van der Waals surface area contributed by atoms with Gasteiger partial charge in [-0.15, -0.1) is 0 Å². The molecule has 166 valence electrons. The van der Waals surface area contributed by atoms with Crippen LogP contribution in [0.3, 0.4) is 0 Å². The number of pyridine rings is 1. The molecule has 0 aliphatic heterocycles. The Balaban J connectivity index is 1.81. The maximum absolute atomic E-state index is 6.70. The van der Waals surface area contributed by atoms with Gasteiger partial charge in [0.1, 0.15) is 11.2 Å². The van der Waals surface area contributed by atoms with E-state index in [2.05, 4.69) is 97.0 Å². The fourth-order valence-corrected chi connectivity index (χ4v) is 5.71. The van der Waals surface area contributed by atoms with Crippen molar-refractivity contribution in [1.82, 2.24) is 4.98 Å². The maximum Gasteiger partial charge on any atom is 0.139 e. The summed E-state index contributed by atoms with van der Waals surface area (Å²) in [7, 11) is 0. The molecule has 2 aromatic heterocycles. The molecule has 0 bridgehead atoms. The second-order valence-electron chi connectivity index (χ2n) is 11.7. The number of hydrogen-bond acceptors (Lipinski definition) is 2. The van der Waals surface area contributed by atoms with Crippen LogP contribution in [0.15, 0.2) is 52.9 Å². The fraction of sp³-hybridized carbons (Fsp3) is 0.323. The molecule has 0 saturated heterocycles.